The molecular weight excluding hydrogens is 332 g/mol. The normalized spacial score (nSPS) is 11.0. The first-order valence-corrected chi connectivity index (χ1v) is 8.26. The molecule has 0 spiro atoms. The van der Waals surface area contributed by atoms with Crippen LogP contribution < -0.4 is 10.1 Å². The van der Waals surface area contributed by atoms with Crippen LogP contribution in [0.1, 0.15) is 42.4 Å². The molecule has 0 saturated heterocycles. The first kappa shape index (κ1) is 19.4. The summed E-state index contributed by atoms with van der Waals surface area (Å²) in [7, 11) is 2.86. The van der Waals surface area contributed by atoms with Crippen LogP contribution in [0.3, 0.4) is 0 Å². The smallest absolute Gasteiger partial charge is 0.356 e. The molecule has 6 heteroatoms. The van der Waals surface area contributed by atoms with Gasteiger partial charge in [0.2, 0.25) is 5.91 Å². The largest absolute Gasteiger partial charge is 0.496 e. The van der Waals surface area contributed by atoms with E-state index in [4.69, 9.17) is 4.74 Å². The summed E-state index contributed by atoms with van der Waals surface area (Å²) in [5.74, 6) is -0.102. The van der Waals surface area contributed by atoms with Crippen molar-refractivity contribution in [3.05, 3.63) is 53.3 Å². The number of carbonyl (C=O) groups is 2. The molecule has 0 atom stereocenters. The third-order valence-electron chi connectivity index (χ3n) is 3.94. The fourth-order valence-electron chi connectivity index (χ4n) is 2.49. The number of aromatic nitrogens is 1. The molecule has 0 radical (unpaired) electrons. The maximum absolute atomic E-state index is 12.5. The van der Waals surface area contributed by atoms with Crippen LogP contribution in [0.15, 0.2) is 36.5 Å². The molecule has 0 aliphatic carbocycles. The van der Waals surface area contributed by atoms with Gasteiger partial charge in [-0.3, -0.25) is 4.79 Å². The number of hydrogen-bond donors (Lipinski definition) is 1. The van der Waals surface area contributed by atoms with E-state index in [1.807, 2.05) is 18.2 Å². The van der Waals surface area contributed by atoms with Gasteiger partial charge < -0.3 is 14.8 Å². The summed E-state index contributed by atoms with van der Waals surface area (Å²) in [6, 6.07) is 8.97. The average Bonchev–Trinajstić information content (AvgIpc) is 2.60. The van der Waals surface area contributed by atoms with Crippen molar-refractivity contribution >= 4 is 17.6 Å². The number of esters is 1. The topological polar surface area (TPSA) is 77.5 Å². The average molecular weight is 356 g/mol. The highest BCUT2D eigenvalue weighted by Gasteiger charge is 2.17. The Bertz CT molecular complexity index is 810. The molecule has 6 nitrogen and oxygen atoms in total. The molecule has 1 aromatic carbocycles. The highest BCUT2D eigenvalue weighted by Crippen LogP contribution is 2.28. The predicted molar refractivity (Wildman–Crippen MR) is 99.6 cm³/mol. The van der Waals surface area contributed by atoms with Gasteiger partial charge in [0.05, 0.1) is 20.6 Å². The summed E-state index contributed by atoms with van der Waals surface area (Å²) >= 11 is 0. The number of nitrogens with one attached hydrogen (secondary N) is 1. The van der Waals surface area contributed by atoms with Crippen LogP contribution in [-0.4, -0.2) is 31.1 Å². The van der Waals surface area contributed by atoms with Crippen molar-refractivity contribution in [2.45, 2.75) is 32.6 Å². The van der Waals surface area contributed by atoms with Gasteiger partial charge in [0.15, 0.2) is 0 Å². The molecule has 0 saturated carbocycles. The highest BCUT2D eigenvalue weighted by atomic mass is 16.5. The lowest BCUT2D eigenvalue weighted by Crippen LogP contribution is -2.17. The second-order valence-electron chi connectivity index (χ2n) is 6.92. The third kappa shape index (κ3) is 4.81. The van der Waals surface area contributed by atoms with E-state index in [0.717, 1.165) is 11.1 Å². The number of carbonyl (C=O) groups excluding carboxylic acids is 2. The molecule has 1 N–H and O–H groups in total. The quantitative estimate of drug-likeness (QED) is 0.831. The maximum atomic E-state index is 12.5. The molecule has 0 unspecified atom stereocenters. The Morgan fingerprint density at radius 2 is 1.85 bits per heavy atom. The van der Waals surface area contributed by atoms with Crippen molar-refractivity contribution in [2.75, 3.05) is 19.5 Å². The number of anilines is 1. The highest BCUT2D eigenvalue weighted by molar-refractivity contribution is 5.94. The Morgan fingerprint density at radius 1 is 1.12 bits per heavy atom. The second-order valence-corrected chi connectivity index (χ2v) is 6.92. The molecule has 1 aromatic heterocycles. The fraction of sp³-hybridized carbons (Fsp3) is 0.350. The zero-order valence-electron chi connectivity index (χ0n) is 15.8. The van der Waals surface area contributed by atoms with Gasteiger partial charge in [0, 0.05) is 17.4 Å². The first-order valence-electron chi connectivity index (χ1n) is 8.26. The van der Waals surface area contributed by atoms with Crippen molar-refractivity contribution in [1.29, 1.82) is 0 Å². The molecular formula is C20H24N2O4. The van der Waals surface area contributed by atoms with Crippen LogP contribution in [-0.2, 0) is 21.4 Å². The standard InChI is InChI=1S/C20H24N2O4/c1-20(2,3)14-6-7-17(25-4)13(10-14)11-18(23)22-15-8-9-21-16(12-15)19(24)26-5/h6-10,12H,11H2,1-5H3,(H,21,22,23). The lowest BCUT2D eigenvalue weighted by molar-refractivity contribution is -0.115. The van der Waals surface area contributed by atoms with Crippen LogP contribution in [0.4, 0.5) is 5.69 Å². The molecule has 0 aliphatic rings. The summed E-state index contributed by atoms with van der Waals surface area (Å²) in [6.45, 7) is 6.35. The Kier molecular flexibility index (Phi) is 5.97. The fourth-order valence-corrected chi connectivity index (χ4v) is 2.49. The molecule has 0 fully saturated rings. The van der Waals surface area contributed by atoms with Crippen molar-refractivity contribution in [2.24, 2.45) is 0 Å². The molecule has 2 rings (SSSR count). The number of benzene rings is 1. The van der Waals surface area contributed by atoms with E-state index >= 15 is 0 Å². The van der Waals surface area contributed by atoms with Crippen molar-refractivity contribution < 1.29 is 19.1 Å². The van der Waals surface area contributed by atoms with Gasteiger partial charge in [-0.05, 0) is 29.2 Å². The van der Waals surface area contributed by atoms with E-state index in [2.05, 4.69) is 35.8 Å². The Morgan fingerprint density at radius 3 is 2.46 bits per heavy atom. The van der Waals surface area contributed by atoms with Crippen LogP contribution in [0.5, 0.6) is 5.75 Å². The van der Waals surface area contributed by atoms with Crippen LogP contribution >= 0.6 is 0 Å². The molecule has 26 heavy (non-hydrogen) atoms. The summed E-state index contributed by atoms with van der Waals surface area (Å²) in [5.41, 5.74) is 2.52. The number of rotatable bonds is 5. The van der Waals surface area contributed by atoms with Gasteiger partial charge in [-0.2, -0.15) is 0 Å². The zero-order chi connectivity index (χ0) is 19.3. The van der Waals surface area contributed by atoms with E-state index in [9.17, 15) is 9.59 Å². The predicted octanol–water partition coefficient (Wildman–Crippen LogP) is 3.36. The van der Waals surface area contributed by atoms with Crippen molar-refractivity contribution in [1.82, 2.24) is 4.98 Å². The molecule has 2 aromatic rings. The number of nitrogens with zero attached hydrogens (tertiary/aromatic N) is 1. The number of ether oxygens (including phenoxy) is 2. The lowest BCUT2D eigenvalue weighted by atomic mass is 9.85. The van der Waals surface area contributed by atoms with E-state index in [0.29, 0.717) is 11.4 Å². The van der Waals surface area contributed by atoms with Crippen LogP contribution in [0.25, 0.3) is 0 Å². The van der Waals surface area contributed by atoms with E-state index in [1.54, 1.807) is 13.2 Å². The van der Waals surface area contributed by atoms with E-state index in [1.165, 1.54) is 19.4 Å². The van der Waals surface area contributed by atoms with Gasteiger partial charge in [-0.1, -0.05) is 32.9 Å². The summed E-state index contributed by atoms with van der Waals surface area (Å²) < 4.78 is 10.0. The van der Waals surface area contributed by atoms with Gasteiger partial charge >= 0.3 is 5.97 Å². The monoisotopic (exact) mass is 356 g/mol. The van der Waals surface area contributed by atoms with E-state index < -0.39 is 5.97 Å². The van der Waals surface area contributed by atoms with Crippen LogP contribution in [0, 0.1) is 0 Å². The molecule has 138 valence electrons. The Labute approximate surface area is 153 Å². The number of amides is 1. The molecule has 0 bridgehead atoms. The minimum absolute atomic E-state index is 0.0297. The number of pyridine rings is 1. The minimum Gasteiger partial charge on any atom is -0.496 e. The minimum atomic E-state index is -0.555. The number of hydrogen-bond acceptors (Lipinski definition) is 5. The summed E-state index contributed by atoms with van der Waals surface area (Å²) in [5, 5.41) is 2.78. The Hall–Kier alpha value is -2.89. The van der Waals surface area contributed by atoms with Gasteiger partial charge in [0.25, 0.3) is 0 Å². The van der Waals surface area contributed by atoms with Gasteiger partial charge in [0.1, 0.15) is 11.4 Å². The molecule has 0 aliphatic heterocycles. The molecule has 1 amide bonds. The number of methoxy groups -OCH3 is 2. The second kappa shape index (κ2) is 7.99. The first-order chi connectivity index (χ1) is 12.2. The summed E-state index contributed by atoms with van der Waals surface area (Å²) in [4.78, 5) is 27.9. The van der Waals surface area contributed by atoms with E-state index in [-0.39, 0.29) is 23.4 Å². The van der Waals surface area contributed by atoms with Crippen molar-refractivity contribution in [3.8, 4) is 5.75 Å². The van der Waals surface area contributed by atoms with Crippen LogP contribution in [0.2, 0.25) is 0 Å². The van der Waals surface area contributed by atoms with Gasteiger partial charge in [-0.25, -0.2) is 9.78 Å². The SMILES string of the molecule is COC(=O)c1cc(NC(=O)Cc2cc(C(C)(C)C)ccc2OC)ccn1. The van der Waals surface area contributed by atoms with Crippen molar-refractivity contribution in [3.63, 3.8) is 0 Å². The molecule has 1 heterocycles. The maximum Gasteiger partial charge on any atom is 0.356 e. The lowest BCUT2D eigenvalue weighted by Gasteiger charge is -2.21. The summed E-state index contributed by atoms with van der Waals surface area (Å²) in [6.07, 6.45) is 1.60. The van der Waals surface area contributed by atoms with Gasteiger partial charge in [-0.15, -0.1) is 0 Å². The Balaban J connectivity index is 2.18. The zero-order valence-corrected chi connectivity index (χ0v) is 15.8. The third-order valence-corrected chi connectivity index (χ3v) is 3.94.